The molecule has 0 radical (unpaired) electrons. The molecule has 1 saturated carbocycles. The number of aromatic hydroxyl groups is 1. The standard InChI is InChI=1S/C37H43FN10O2/c1-4-22-15-33(49)28(38)18-27(22)23-6-7-26-30(14-23)43-44-35(26)36-41-29-8-11-48(21-32(29)42-36)37(50)31-19-40-34(20-39-31)47-10-5-9-46(12-13-47)25-16-24(17-25)45(2)3/h6-7,14-15,18-20,24-25,49H,4-5,8-13,16-17,21H2,1-3H3,(H,41,42)(H,43,44). The molecule has 0 spiro atoms. The van der Waals surface area contributed by atoms with Crippen molar-refractivity contribution in [2.45, 2.75) is 57.7 Å². The van der Waals surface area contributed by atoms with Gasteiger partial charge in [0, 0.05) is 56.6 Å². The molecule has 1 amide bonds. The maximum Gasteiger partial charge on any atom is 0.274 e. The quantitative estimate of drug-likeness (QED) is 0.226. The highest BCUT2D eigenvalue weighted by molar-refractivity contribution is 5.94. The highest BCUT2D eigenvalue weighted by Gasteiger charge is 2.35. The molecule has 13 heteroatoms. The predicted octanol–water partition coefficient (Wildman–Crippen LogP) is 4.62. The molecule has 8 rings (SSSR count). The number of fused-ring (bicyclic) bond motifs is 2. The number of aryl methyl sites for hydroxylation is 1. The van der Waals surface area contributed by atoms with Crippen LogP contribution in [0.4, 0.5) is 10.2 Å². The number of hydrogen-bond acceptors (Lipinski definition) is 9. The summed E-state index contributed by atoms with van der Waals surface area (Å²) in [6, 6.07) is 10.0. The number of aromatic amines is 2. The third-order valence-electron chi connectivity index (χ3n) is 10.8. The summed E-state index contributed by atoms with van der Waals surface area (Å²) >= 11 is 0. The molecule has 50 heavy (non-hydrogen) atoms. The lowest BCUT2D eigenvalue weighted by atomic mass is 9.84. The van der Waals surface area contributed by atoms with Crippen molar-refractivity contribution in [1.29, 1.82) is 0 Å². The first-order chi connectivity index (χ1) is 24.2. The average molecular weight is 679 g/mol. The van der Waals surface area contributed by atoms with Gasteiger partial charge in [0.05, 0.1) is 35.8 Å². The van der Waals surface area contributed by atoms with Crippen molar-refractivity contribution in [2.75, 3.05) is 51.7 Å². The molecular weight excluding hydrogens is 635 g/mol. The van der Waals surface area contributed by atoms with Crippen LogP contribution in [0, 0.1) is 5.82 Å². The molecule has 2 fully saturated rings. The van der Waals surface area contributed by atoms with Crippen LogP contribution < -0.4 is 4.90 Å². The van der Waals surface area contributed by atoms with Gasteiger partial charge in [-0.3, -0.25) is 14.8 Å². The number of rotatable bonds is 7. The normalized spacial score (nSPS) is 19.9. The van der Waals surface area contributed by atoms with Crippen molar-refractivity contribution >= 4 is 22.6 Å². The van der Waals surface area contributed by atoms with Gasteiger partial charge in [0.25, 0.3) is 5.91 Å². The third-order valence-corrected chi connectivity index (χ3v) is 10.8. The number of phenolic OH excluding ortho intramolecular Hbond substituents is 1. The molecule has 3 aliphatic rings. The fraction of sp³-hybridized carbons (Fsp3) is 0.432. The van der Waals surface area contributed by atoms with Crippen LogP contribution in [0.5, 0.6) is 5.75 Å². The van der Waals surface area contributed by atoms with Crippen molar-refractivity contribution in [1.82, 2.24) is 44.8 Å². The minimum Gasteiger partial charge on any atom is -0.505 e. The van der Waals surface area contributed by atoms with E-state index in [0.717, 1.165) is 77.4 Å². The topological polar surface area (TPSA) is 133 Å². The lowest BCUT2D eigenvalue weighted by Gasteiger charge is -2.45. The molecule has 2 aliphatic heterocycles. The smallest absolute Gasteiger partial charge is 0.274 e. The van der Waals surface area contributed by atoms with Crippen LogP contribution in [0.25, 0.3) is 33.5 Å². The van der Waals surface area contributed by atoms with Crippen molar-refractivity contribution in [3.05, 3.63) is 71.2 Å². The number of hydrogen-bond donors (Lipinski definition) is 3. The highest BCUT2D eigenvalue weighted by atomic mass is 19.1. The first kappa shape index (κ1) is 32.3. The van der Waals surface area contributed by atoms with E-state index in [1.807, 2.05) is 25.1 Å². The van der Waals surface area contributed by atoms with E-state index in [9.17, 15) is 14.3 Å². The van der Waals surface area contributed by atoms with E-state index in [2.05, 4.69) is 53.9 Å². The maximum atomic E-state index is 14.3. The minimum atomic E-state index is -0.651. The predicted molar refractivity (Wildman–Crippen MR) is 189 cm³/mol. The number of H-pyrrole nitrogens is 2. The first-order valence-electron chi connectivity index (χ1n) is 17.6. The second-order valence-corrected chi connectivity index (χ2v) is 14.0. The van der Waals surface area contributed by atoms with Gasteiger partial charge in [-0.25, -0.2) is 19.3 Å². The molecule has 12 nitrogen and oxygen atoms in total. The lowest BCUT2D eigenvalue weighted by molar-refractivity contribution is 0.0573. The third kappa shape index (κ3) is 5.98. The minimum absolute atomic E-state index is 0.150. The molecule has 0 atom stereocenters. The Morgan fingerprint density at radius 3 is 2.70 bits per heavy atom. The van der Waals surface area contributed by atoms with Gasteiger partial charge in [0.1, 0.15) is 17.2 Å². The highest BCUT2D eigenvalue weighted by Crippen LogP contribution is 2.34. The van der Waals surface area contributed by atoms with Crippen LogP contribution in [-0.2, 0) is 19.4 Å². The zero-order chi connectivity index (χ0) is 34.5. The molecule has 5 heterocycles. The number of imidazole rings is 1. The van der Waals surface area contributed by atoms with E-state index in [-0.39, 0.29) is 11.7 Å². The van der Waals surface area contributed by atoms with Gasteiger partial charge in [0.2, 0.25) is 0 Å². The summed E-state index contributed by atoms with van der Waals surface area (Å²) in [7, 11) is 4.34. The number of nitrogens with one attached hydrogen (secondary N) is 2. The fourth-order valence-corrected chi connectivity index (χ4v) is 7.68. The van der Waals surface area contributed by atoms with Gasteiger partial charge in [0.15, 0.2) is 17.4 Å². The molecular formula is C37H43FN10O2. The van der Waals surface area contributed by atoms with Gasteiger partial charge >= 0.3 is 0 Å². The summed E-state index contributed by atoms with van der Waals surface area (Å²) in [5, 5.41) is 18.4. The van der Waals surface area contributed by atoms with Gasteiger partial charge < -0.3 is 24.8 Å². The van der Waals surface area contributed by atoms with E-state index >= 15 is 0 Å². The van der Waals surface area contributed by atoms with Crippen molar-refractivity contribution in [3.63, 3.8) is 0 Å². The average Bonchev–Trinajstić information content (AvgIpc) is 3.64. The number of halogens is 1. The molecule has 1 saturated heterocycles. The molecule has 2 aromatic carbocycles. The molecule has 0 bridgehead atoms. The number of anilines is 1. The summed E-state index contributed by atoms with van der Waals surface area (Å²) in [4.78, 5) is 40.1. The van der Waals surface area contributed by atoms with Crippen LogP contribution >= 0.6 is 0 Å². The summed E-state index contributed by atoms with van der Waals surface area (Å²) < 4.78 is 14.3. The monoisotopic (exact) mass is 678 g/mol. The Morgan fingerprint density at radius 2 is 1.92 bits per heavy atom. The van der Waals surface area contributed by atoms with Crippen molar-refractivity contribution < 1.29 is 14.3 Å². The number of benzene rings is 2. The summed E-state index contributed by atoms with van der Waals surface area (Å²) in [6.45, 7) is 6.87. The largest absolute Gasteiger partial charge is 0.505 e. The lowest BCUT2D eigenvalue weighted by Crippen LogP contribution is -2.52. The second kappa shape index (κ2) is 13.1. The Labute approximate surface area is 290 Å². The number of phenols is 1. The van der Waals surface area contributed by atoms with Crippen LogP contribution in [-0.4, -0.2) is 115 Å². The number of carbonyl (C=O) groups is 1. The second-order valence-electron chi connectivity index (χ2n) is 14.0. The zero-order valence-corrected chi connectivity index (χ0v) is 28.8. The van der Waals surface area contributed by atoms with Crippen molar-refractivity contribution in [2.24, 2.45) is 0 Å². The van der Waals surface area contributed by atoms with Gasteiger partial charge in [-0.1, -0.05) is 13.0 Å². The van der Waals surface area contributed by atoms with E-state index < -0.39 is 5.82 Å². The van der Waals surface area contributed by atoms with Crippen LogP contribution in [0.15, 0.2) is 42.7 Å². The summed E-state index contributed by atoms with van der Waals surface area (Å²) in [5.41, 5.74) is 6.01. The molecule has 5 aromatic rings. The SMILES string of the molecule is CCc1cc(O)c(F)cc1-c1ccc2c(-c3nc4c([nH]3)CN(C(=O)c3cnc(N5CCCN(C6CC(N(C)C)C6)CC5)cn3)CC4)n[nH]c2c1. The Hall–Kier alpha value is -4.88. The van der Waals surface area contributed by atoms with Crippen LogP contribution in [0.2, 0.25) is 0 Å². The number of carbonyl (C=O) groups excluding carboxylic acids is 1. The van der Waals surface area contributed by atoms with Gasteiger partial charge in [-0.15, -0.1) is 0 Å². The van der Waals surface area contributed by atoms with Gasteiger partial charge in [-0.2, -0.15) is 5.10 Å². The van der Waals surface area contributed by atoms with E-state index in [1.54, 1.807) is 17.3 Å². The number of aromatic nitrogens is 6. The molecule has 0 unspecified atom stereocenters. The molecule has 260 valence electrons. The van der Waals surface area contributed by atoms with Crippen molar-refractivity contribution in [3.8, 4) is 28.4 Å². The number of amides is 1. The molecule has 1 aliphatic carbocycles. The molecule has 3 aromatic heterocycles. The summed E-state index contributed by atoms with van der Waals surface area (Å²) in [5.74, 6) is 0.302. The van der Waals surface area contributed by atoms with Gasteiger partial charge in [-0.05, 0) is 80.7 Å². The molecule has 3 N–H and O–H groups in total. The zero-order valence-electron chi connectivity index (χ0n) is 28.8. The van der Waals surface area contributed by atoms with E-state index in [0.29, 0.717) is 55.2 Å². The van der Waals surface area contributed by atoms with E-state index in [4.69, 9.17) is 4.98 Å². The van der Waals surface area contributed by atoms with Crippen LogP contribution in [0.1, 0.15) is 53.6 Å². The Morgan fingerprint density at radius 1 is 1.06 bits per heavy atom. The Kier molecular flexibility index (Phi) is 8.47. The summed E-state index contributed by atoms with van der Waals surface area (Å²) in [6.07, 6.45) is 8.20. The number of nitrogens with zero attached hydrogens (tertiary/aromatic N) is 8. The van der Waals surface area contributed by atoms with E-state index in [1.165, 1.54) is 25.0 Å². The fourth-order valence-electron chi connectivity index (χ4n) is 7.68. The first-order valence-corrected chi connectivity index (χ1v) is 17.6. The van der Waals surface area contributed by atoms with Crippen LogP contribution in [0.3, 0.4) is 0 Å². The Balaban J connectivity index is 0.926. The maximum absolute atomic E-state index is 14.3. The Bertz CT molecular complexity index is 2030.